The van der Waals surface area contributed by atoms with Gasteiger partial charge in [0, 0.05) is 30.1 Å². The van der Waals surface area contributed by atoms with Gasteiger partial charge in [0.25, 0.3) is 5.56 Å². The number of carbonyl (C=O) groups excluding carboxylic acids is 1. The molecule has 1 amide bonds. The maximum Gasteiger partial charge on any atom is 0.261 e. The number of tetrazole rings is 1. The number of nitrogens with zero attached hydrogens (tertiary/aromatic N) is 6. The Balaban J connectivity index is 1.19. The average Bonchev–Trinajstić information content (AvgIpc) is 3.77. The van der Waals surface area contributed by atoms with Gasteiger partial charge in [-0.2, -0.15) is 0 Å². The minimum atomic E-state index is -0.126. The number of rotatable bonds is 7. The minimum Gasteiger partial charge on any atom is -0.326 e. The highest BCUT2D eigenvalue weighted by atomic mass is 16.1. The van der Waals surface area contributed by atoms with Crippen LogP contribution in [0.25, 0.3) is 22.3 Å². The number of benzene rings is 2. The largest absolute Gasteiger partial charge is 0.326 e. The second kappa shape index (κ2) is 7.91. The maximum atomic E-state index is 13.0. The van der Waals surface area contributed by atoms with Crippen LogP contribution in [0.4, 0.5) is 5.69 Å². The summed E-state index contributed by atoms with van der Waals surface area (Å²) in [6, 6.07) is 15.5. The molecule has 9 nitrogen and oxygen atoms in total. The topological polar surface area (TPSA) is 108 Å². The fraction of sp³-hybridized carbons (Fsp3) is 0.333. The Morgan fingerprint density at radius 1 is 1.03 bits per heavy atom. The Kier molecular flexibility index (Phi) is 4.74. The van der Waals surface area contributed by atoms with E-state index in [1.165, 1.54) is 0 Å². The Morgan fingerprint density at radius 3 is 2.67 bits per heavy atom. The molecule has 2 aliphatic rings. The van der Waals surface area contributed by atoms with E-state index >= 15 is 0 Å². The van der Waals surface area contributed by atoms with E-state index in [9.17, 15) is 9.59 Å². The van der Waals surface area contributed by atoms with Crippen LogP contribution in [0.5, 0.6) is 0 Å². The van der Waals surface area contributed by atoms with Crippen LogP contribution in [0.2, 0.25) is 0 Å². The molecule has 0 radical (unpaired) electrons. The van der Waals surface area contributed by atoms with Gasteiger partial charge in [0.05, 0.1) is 16.9 Å². The number of amides is 1. The van der Waals surface area contributed by atoms with Crippen molar-refractivity contribution in [3.05, 3.63) is 64.7 Å². The number of fused-ring (bicyclic) bond motifs is 1. The molecule has 0 spiro atoms. The van der Waals surface area contributed by atoms with Crippen molar-refractivity contribution < 1.29 is 4.79 Å². The van der Waals surface area contributed by atoms with Crippen LogP contribution in [-0.2, 0) is 11.2 Å². The van der Waals surface area contributed by atoms with Crippen molar-refractivity contribution in [2.45, 2.75) is 50.6 Å². The smallest absolute Gasteiger partial charge is 0.261 e. The Hall–Kier alpha value is -3.88. The second-order valence-electron chi connectivity index (χ2n) is 8.76. The molecule has 0 unspecified atom stereocenters. The summed E-state index contributed by atoms with van der Waals surface area (Å²) in [5, 5.41) is 15.7. The molecule has 33 heavy (non-hydrogen) atoms. The summed E-state index contributed by atoms with van der Waals surface area (Å²) in [5.74, 6) is 1.26. The monoisotopic (exact) mass is 441 g/mol. The van der Waals surface area contributed by atoms with Gasteiger partial charge in [-0.3, -0.25) is 14.2 Å². The quantitative estimate of drug-likeness (QED) is 0.472. The molecular weight excluding hydrogens is 418 g/mol. The summed E-state index contributed by atoms with van der Waals surface area (Å²) in [5.41, 5.74) is 2.22. The highest BCUT2D eigenvalue weighted by Gasteiger charge is 2.29. The van der Waals surface area contributed by atoms with E-state index in [4.69, 9.17) is 4.98 Å². The summed E-state index contributed by atoms with van der Waals surface area (Å²) in [6.45, 7) is 0. The zero-order chi connectivity index (χ0) is 22.4. The predicted molar refractivity (Wildman–Crippen MR) is 123 cm³/mol. The second-order valence-corrected chi connectivity index (χ2v) is 8.76. The third kappa shape index (κ3) is 3.90. The minimum absolute atomic E-state index is 0.0143. The van der Waals surface area contributed by atoms with Crippen molar-refractivity contribution in [1.29, 1.82) is 0 Å². The SMILES string of the molecule is O=C(CCc1nc2ccccc2c(=O)n1C1CC1)Nc1cccc(-c2nnnn2C2CC2)c1. The van der Waals surface area contributed by atoms with E-state index in [0.29, 0.717) is 40.7 Å². The first-order valence-electron chi connectivity index (χ1n) is 11.4. The molecule has 6 rings (SSSR count). The zero-order valence-electron chi connectivity index (χ0n) is 18.0. The van der Waals surface area contributed by atoms with Crippen LogP contribution in [-0.4, -0.2) is 35.7 Å². The van der Waals surface area contributed by atoms with Gasteiger partial charge in [-0.05, 0) is 60.4 Å². The molecule has 2 saturated carbocycles. The summed E-state index contributed by atoms with van der Waals surface area (Å²) in [4.78, 5) is 30.5. The first-order valence-corrected chi connectivity index (χ1v) is 11.4. The molecule has 2 fully saturated rings. The molecule has 2 aliphatic carbocycles. The molecule has 9 heteroatoms. The van der Waals surface area contributed by atoms with Gasteiger partial charge in [-0.15, -0.1) is 5.10 Å². The first kappa shape index (κ1) is 19.8. The molecule has 0 atom stereocenters. The van der Waals surface area contributed by atoms with E-state index in [1.807, 2.05) is 53.2 Å². The van der Waals surface area contributed by atoms with Crippen molar-refractivity contribution in [3.63, 3.8) is 0 Å². The van der Waals surface area contributed by atoms with Crippen LogP contribution < -0.4 is 10.9 Å². The van der Waals surface area contributed by atoms with Gasteiger partial charge < -0.3 is 5.32 Å². The van der Waals surface area contributed by atoms with Crippen molar-refractivity contribution in [3.8, 4) is 11.4 Å². The summed E-state index contributed by atoms with van der Waals surface area (Å²) in [7, 11) is 0. The lowest BCUT2D eigenvalue weighted by atomic mass is 10.1. The lowest BCUT2D eigenvalue weighted by Crippen LogP contribution is -2.25. The van der Waals surface area contributed by atoms with Crippen molar-refractivity contribution in [2.24, 2.45) is 0 Å². The highest BCUT2D eigenvalue weighted by molar-refractivity contribution is 5.91. The molecule has 2 aromatic carbocycles. The highest BCUT2D eigenvalue weighted by Crippen LogP contribution is 2.37. The fourth-order valence-electron chi connectivity index (χ4n) is 4.21. The van der Waals surface area contributed by atoms with Crippen LogP contribution in [0.1, 0.15) is 50.0 Å². The first-order chi connectivity index (χ1) is 16.2. The number of aromatic nitrogens is 6. The zero-order valence-corrected chi connectivity index (χ0v) is 18.0. The van der Waals surface area contributed by atoms with Gasteiger partial charge in [0.2, 0.25) is 5.91 Å². The number of hydrogen-bond donors (Lipinski definition) is 1. The maximum absolute atomic E-state index is 13.0. The lowest BCUT2D eigenvalue weighted by molar-refractivity contribution is -0.116. The molecule has 166 valence electrons. The van der Waals surface area contributed by atoms with Gasteiger partial charge in [-0.1, -0.05) is 24.3 Å². The number of para-hydroxylation sites is 1. The number of carbonyl (C=O) groups is 1. The van der Waals surface area contributed by atoms with Gasteiger partial charge in [0.15, 0.2) is 5.82 Å². The third-order valence-corrected chi connectivity index (χ3v) is 6.16. The molecular formula is C24H23N7O2. The van der Waals surface area contributed by atoms with Crippen molar-refractivity contribution in [2.75, 3.05) is 5.32 Å². The van der Waals surface area contributed by atoms with E-state index in [2.05, 4.69) is 20.8 Å². The number of hydrogen-bond acceptors (Lipinski definition) is 6. The summed E-state index contributed by atoms with van der Waals surface area (Å²) < 4.78 is 3.64. The standard InChI is InChI=1S/C24H23N7O2/c32-22(25-16-5-3-4-15(14-16)23-27-28-29-31(23)18-10-11-18)13-12-21-26-20-7-2-1-6-19(20)24(33)30(21)17-8-9-17/h1-7,14,17-18H,8-13H2,(H,25,32). The predicted octanol–water partition coefficient (Wildman–Crippen LogP) is 3.29. The van der Waals surface area contributed by atoms with E-state index in [-0.39, 0.29) is 23.9 Å². The molecule has 2 heterocycles. The van der Waals surface area contributed by atoms with E-state index < -0.39 is 0 Å². The van der Waals surface area contributed by atoms with Gasteiger partial charge in [0.1, 0.15) is 5.82 Å². The van der Waals surface area contributed by atoms with Gasteiger partial charge >= 0.3 is 0 Å². The number of anilines is 1. The van der Waals surface area contributed by atoms with Gasteiger partial charge in [-0.25, -0.2) is 9.67 Å². The van der Waals surface area contributed by atoms with Crippen LogP contribution in [0, 0.1) is 0 Å². The Morgan fingerprint density at radius 2 is 1.85 bits per heavy atom. The van der Waals surface area contributed by atoms with Crippen molar-refractivity contribution in [1.82, 2.24) is 29.8 Å². The summed E-state index contributed by atoms with van der Waals surface area (Å²) in [6.07, 6.45) is 4.77. The molecule has 4 aromatic rings. The summed E-state index contributed by atoms with van der Waals surface area (Å²) >= 11 is 0. The molecule has 1 N–H and O–H groups in total. The van der Waals surface area contributed by atoms with E-state index in [1.54, 1.807) is 4.57 Å². The fourth-order valence-corrected chi connectivity index (χ4v) is 4.21. The Labute approximate surface area is 189 Å². The van der Waals surface area contributed by atoms with Crippen LogP contribution in [0.15, 0.2) is 53.3 Å². The Bertz CT molecular complexity index is 1420. The van der Waals surface area contributed by atoms with Crippen LogP contribution in [0.3, 0.4) is 0 Å². The normalized spacial score (nSPS) is 15.6. The average molecular weight is 441 g/mol. The molecule has 0 saturated heterocycles. The number of nitrogens with one attached hydrogen (secondary N) is 1. The van der Waals surface area contributed by atoms with E-state index in [0.717, 1.165) is 31.2 Å². The number of aryl methyl sites for hydroxylation is 1. The third-order valence-electron chi connectivity index (χ3n) is 6.16. The van der Waals surface area contributed by atoms with Crippen molar-refractivity contribution >= 4 is 22.5 Å². The lowest BCUT2D eigenvalue weighted by Gasteiger charge is -2.13. The molecule has 2 aromatic heterocycles. The molecule has 0 bridgehead atoms. The molecule has 0 aliphatic heterocycles. The van der Waals surface area contributed by atoms with Crippen LogP contribution >= 0.6 is 0 Å².